The lowest BCUT2D eigenvalue weighted by atomic mass is 10.1. The summed E-state index contributed by atoms with van der Waals surface area (Å²) in [6.07, 6.45) is 0. The van der Waals surface area contributed by atoms with Crippen LogP contribution in [-0.4, -0.2) is 15.8 Å². The summed E-state index contributed by atoms with van der Waals surface area (Å²) in [5.74, 6) is -0.733. The number of nitro benzene ring substituents is 2. The van der Waals surface area contributed by atoms with Gasteiger partial charge in [0.2, 0.25) is 0 Å². The Balaban J connectivity index is 2.27. The number of ether oxygens (including phenoxy) is 1. The predicted molar refractivity (Wildman–Crippen MR) is 79.0 cm³/mol. The molecule has 9 heteroatoms. The molecule has 0 aliphatic carbocycles. The van der Waals surface area contributed by atoms with Crippen molar-refractivity contribution < 1.29 is 19.4 Å². The van der Waals surface area contributed by atoms with E-state index in [1.807, 2.05) is 0 Å². The smallest absolute Gasteiger partial charge is 0.292 e. The molecule has 0 radical (unpaired) electrons. The van der Waals surface area contributed by atoms with E-state index in [0.29, 0.717) is 5.69 Å². The standard InChI is InChI=1S/C14H9N3O6/c1-7-2-3-9-11(4-7)23-12-6-8(16(19)20)5-10(17(21)22)13(12)14(18)15-9/h2-6H,1H3,(H,15,18). The molecule has 116 valence electrons. The predicted octanol–water partition coefficient (Wildman–Crippen LogP) is 3.17. The maximum atomic E-state index is 12.3. The average Bonchev–Trinajstić information content (AvgIpc) is 2.61. The first-order valence-electron chi connectivity index (χ1n) is 6.43. The lowest BCUT2D eigenvalue weighted by molar-refractivity contribution is -0.394. The number of nitrogens with one attached hydrogen (secondary N) is 1. The summed E-state index contributed by atoms with van der Waals surface area (Å²) in [7, 11) is 0. The minimum absolute atomic E-state index is 0.229. The second-order valence-electron chi connectivity index (χ2n) is 4.91. The number of hydrogen-bond acceptors (Lipinski definition) is 6. The van der Waals surface area contributed by atoms with Gasteiger partial charge in [-0.25, -0.2) is 0 Å². The molecule has 0 saturated heterocycles. The summed E-state index contributed by atoms with van der Waals surface area (Å²) in [4.78, 5) is 32.8. The molecule has 0 spiro atoms. The van der Waals surface area contributed by atoms with Gasteiger partial charge in [-0.1, -0.05) is 6.07 Å². The van der Waals surface area contributed by atoms with Crippen LogP contribution in [0.2, 0.25) is 0 Å². The number of amides is 1. The molecule has 1 aliphatic heterocycles. The quantitative estimate of drug-likeness (QED) is 0.670. The highest BCUT2D eigenvalue weighted by atomic mass is 16.6. The first-order chi connectivity index (χ1) is 10.9. The van der Waals surface area contributed by atoms with Crippen molar-refractivity contribution in [2.45, 2.75) is 6.92 Å². The molecule has 0 aromatic heterocycles. The topological polar surface area (TPSA) is 125 Å². The lowest BCUT2D eigenvalue weighted by Crippen LogP contribution is -2.13. The summed E-state index contributed by atoms with van der Waals surface area (Å²) < 4.78 is 5.54. The molecule has 1 amide bonds. The van der Waals surface area contributed by atoms with E-state index in [4.69, 9.17) is 4.74 Å². The van der Waals surface area contributed by atoms with Crippen LogP contribution < -0.4 is 10.1 Å². The maximum Gasteiger partial charge on any atom is 0.292 e. The van der Waals surface area contributed by atoms with Crippen LogP contribution in [0.15, 0.2) is 30.3 Å². The van der Waals surface area contributed by atoms with Gasteiger partial charge in [-0.2, -0.15) is 0 Å². The van der Waals surface area contributed by atoms with Crippen LogP contribution in [0.3, 0.4) is 0 Å². The number of benzene rings is 2. The average molecular weight is 315 g/mol. The number of nitro groups is 2. The third-order valence-electron chi connectivity index (χ3n) is 3.31. The summed E-state index contributed by atoms with van der Waals surface area (Å²) in [5.41, 5.74) is -0.403. The summed E-state index contributed by atoms with van der Waals surface area (Å²) in [5, 5.41) is 24.6. The first kappa shape index (κ1) is 14.4. The monoisotopic (exact) mass is 315 g/mol. The van der Waals surface area contributed by atoms with E-state index in [0.717, 1.165) is 17.7 Å². The van der Waals surface area contributed by atoms with E-state index >= 15 is 0 Å². The highest BCUT2D eigenvalue weighted by Crippen LogP contribution is 2.41. The molecule has 1 N–H and O–H groups in total. The Bertz CT molecular complexity index is 877. The minimum atomic E-state index is -0.851. The number of carbonyl (C=O) groups is 1. The van der Waals surface area contributed by atoms with Crippen molar-refractivity contribution in [1.82, 2.24) is 0 Å². The molecule has 0 unspecified atom stereocenters. The zero-order valence-electron chi connectivity index (χ0n) is 11.7. The van der Waals surface area contributed by atoms with Crippen LogP contribution in [0, 0.1) is 27.2 Å². The fourth-order valence-electron chi connectivity index (χ4n) is 2.27. The van der Waals surface area contributed by atoms with Gasteiger partial charge in [0.05, 0.1) is 27.7 Å². The van der Waals surface area contributed by atoms with Crippen LogP contribution in [0.4, 0.5) is 17.1 Å². The number of aryl methyl sites for hydroxylation is 1. The second kappa shape index (κ2) is 5.05. The molecule has 1 aliphatic rings. The number of carbonyl (C=O) groups excluding carboxylic acids is 1. The molecule has 0 fully saturated rings. The van der Waals surface area contributed by atoms with Gasteiger partial charge in [0.1, 0.15) is 0 Å². The Hall–Kier alpha value is -3.49. The molecule has 1 heterocycles. The molecule has 23 heavy (non-hydrogen) atoms. The van der Waals surface area contributed by atoms with Crippen molar-refractivity contribution in [3.05, 3.63) is 61.7 Å². The maximum absolute atomic E-state index is 12.3. The van der Waals surface area contributed by atoms with Crippen molar-refractivity contribution >= 4 is 23.0 Å². The highest BCUT2D eigenvalue weighted by molar-refractivity contribution is 6.11. The number of anilines is 1. The van der Waals surface area contributed by atoms with Crippen LogP contribution in [0.1, 0.15) is 15.9 Å². The minimum Gasteiger partial charge on any atom is -0.454 e. The fraction of sp³-hybridized carbons (Fsp3) is 0.0714. The van der Waals surface area contributed by atoms with Gasteiger partial charge in [0.15, 0.2) is 17.1 Å². The first-order valence-corrected chi connectivity index (χ1v) is 6.43. The fourth-order valence-corrected chi connectivity index (χ4v) is 2.27. The summed E-state index contributed by atoms with van der Waals surface area (Å²) >= 11 is 0. The molecule has 0 atom stereocenters. The van der Waals surface area contributed by atoms with E-state index in [2.05, 4.69) is 5.32 Å². The zero-order valence-corrected chi connectivity index (χ0v) is 11.7. The van der Waals surface area contributed by atoms with Gasteiger partial charge in [-0.05, 0) is 24.6 Å². The molecule has 3 rings (SSSR count). The summed E-state index contributed by atoms with van der Waals surface area (Å²) in [6, 6.07) is 6.68. The SMILES string of the molecule is Cc1ccc2c(c1)Oc1cc([N+](=O)[O-])cc([N+](=O)[O-])c1C(=O)N2. The van der Waals surface area contributed by atoms with Gasteiger partial charge in [0.25, 0.3) is 17.3 Å². The molecule has 9 nitrogen and oxygen atoms in total. The van der Waals surface area contributed by atoms with E-state index in [1.54, 1.807) is 25.1 Å². The normalized spacial score (nSPS) is 12.3. The van der Waals surface area contributed by atoms with Crippen LogP contribution in [0.5, 0.6) is 11.5 Å². The molecular formula is C14H9N3O6. The van der Waals surface area contributed by atoms with Gasteiger partial charge < -0.3 is 10.1 Å². The van der Waals surface area contributed by atoms with Gasteiger partial charge >= 0.3 is 0 Å². The number of non-ortho nitro benzene ring substituents is 1. The van der Waals surface area contributed by atoms with E-state index in [-0.39, 0.29) is 17.1 Å². The Morgan fingerprint density at radius 3 is 2.43 bits per heavy atom. The van der Waals surface area contributed by atoms with Crippen molar-refractivity contribution in [3.63, 3.8) is 0 Å². The summed E-state index contributed by atoms with van der Waals surface area (Å²) in [6.45, 7) is 1.80. The second-order valence-corrected chi connectivity index (χ2v) is 4.91. The van der Waals surface area contributed by atoms with E-state index in [9.17, 15) is 25.0 Å². The number of rotatable bonds is 2. The largest absolute Gasteiger partial charge is 0.454 e. The Morgan fingerprint density at radius 2 is 1.78 bits per heavy atom. The molecule has 2 aromatic carbocycles. The van der Waals surface area contributed by atoms with Crippen LogP contribution in [-0.2, 0) is 0 Å². The molecule has 2 aromatic rings. The third-order valence-corrected chi connectivity index (χ3v) is 3.31. The third kappa shape index (κ3) is 2.44. The molecule has 0 saturated carbocycles. The van der Waals surface area contributed by atoms with Crippen LogP contribution >= 0.6 is 0 Å². The van der Waals surface area contributed by atoms with Gasteiger partial charge in [0, 0.05) is 0 Å². The zero-order chi connectivity index (χ0) is 16.7. The van der Waals surface area contributed by atoms with Crippen molar-refractivity contribution in [1.29, 1.82) is 0 Å². The van der Waals surface area contributed by atoms with Gasteiger partial charge in [-0.3, -0.25) is 25.0 Å². The number of nitrogens with zero attached hydrogens (tertiary/aromatic N) is 2. The molecule has 0 bridgehead atoms. The van der Waals surface area contributed by atoms with Crippen LogP contribution in [0.25, 0.3) is 0 Å². The Labute approximate surface area is 128 Å². The lowest BCUT2D eigenvalue weighted by Gasteiger charge is -2.08. The highest BCUT2D eigenvalue weighted by Gasteiger charge is 2.32. The Kier molecular flexibility index (Phi) is 3.17. The number of hydrogen-bond donors (Lipinski definition) is 1. The Morgan fingerprint density at radius 1 is 1.04 bits per heavy atom. The van der Waals surface area contributed by atoms with Crippen molar-refractivity contribution in [2.75, 3.05) is 5.32 Å². The van der Waals surface area contributed by atoms with Crippen molar-refractivity contribution in [3.8, 4) is 11.5 Å². The van der Waals surface area contributed by atoms with E-state index < -0.39 is 27.1 Å². The molecular weight excluding hydrogens is 306 g/mol. The van der Waals surface area contributed by atoms with E-state index in [1.165, 1.54) is 0 Å². The van der Waals surface area contributed by atoms with Gasteiger partial charge in [-0.15, -0.1) is 0 Å². The number of fused-ring (bicyclic) bond motifs is 2. The van der Waals surface area contributed by atoms with Crippen molar-refractivity contribution in [2.24, 2.45) is 0 Å².